The smallest absolute Gasteiger partial charge is 0.321 e. The Bertz CT molecular complexity index is 1670. The van der Waals surface area contributed by atoms with E-state index in [9.17, 15) is 33.6 Å². The van der Waals surface area contributed by atoms with Crippen molar-refractivity contribution < 1.29 is 43.4 Å². The molecule has 5 amide bonds. The van der Waals surface area contributed by atoms with Gasteiger partial charge in [0, 0.05) is 12.2 Å². The second-order valence-electron chi connectivity index (χ2n) is 15.4. The molecule has 3 rings (SSSR count). The van der Waals surface area contributed by atoms with Crippen LogP contribution in [0.4, 0.5) is 0 Å². The highest BCUT2D eigenvalue weighted by atomic mass is 32.2. The molecule has 0 saturated carbocycles. The van der Waals surface area contributed by atoms with Gasteiger partial charge in [-0.1, -0.05) is 88.4 Å². The number of nitrogens with one attached hydrogen (secondary N) is 5. The average Bonchev–Trinajstić information content (AvgIpc) is 3.92. The molecule has 1 unspecified atom stereocenters. The number of aryl methyl sites for hydroxylation is 1. The van der Waals surface area contributed by atoms with E-state index in [4.69, 9.17) is 15.6 Å². The van der Waals surface area contributed by atoms with Crippen LogP contribution in [-0.2, 0) is 51.1 Å². The number of nitrogens with two attached hydrogens (primary N) is 1. The number of ether oxygens (including phenoxy) is 1. The molecule has 0 bridgehead atoms. The molecule has 1 saturated heterocycles. The summed E-state index contributed by atoms with van der Waals surface area (Å²) in [5, 5.41) is 22.6. The predicted molar refractivity (Wildman–Crippen MR) is 217 cm³/mol. The number of benzene rings is 2. The molecule has 0 aromatic heterocycles. The van der Waals surface area contributed by atoms with E-state index >= 15 is 0 Å². The molecule has 16 heteroatoms. The normalized spacial score (nSPS) is 17.3. The zero-order valence-electron chi connectivity index (χ0n) is 33.4. The topological polar surface area (TPSA) is 238 Å². The molecule has 1 aliphatic heterocycles. The first-order valence-corrected chi connectivity index (χ1v) is 20.4. The van der Waals surface area contributed by atoms with Crippen molar-refractivity contribution in [1.82, 2.24) is 26.6 Å². The van der Waals surface area contributed by atoms with E-state index in [2.05, 4.69) is 26.6 Å². The SMILES string of the molecule is CC(C)C[C@H](NC(=O)[C@H](CCc1ccccc1)NC(=O)CNC(=O)CSCC(N)C(=O)O)C(=O)N[C@@H](Cc1ccccc1)C(=O)N[C@@H](CC(C)C)C(=O)[C@@]1(C)CO1. The summed E-state index contributed by atoms with van der Waals surface area (Å²) in [5.41, 5.74) is 6.19. The van der Waals surface area contributed by atoms with Crippen LogP contribution in [0.25, 0.3) is 0 Å². The second-order valence-corrected chi connectivity index (χ2v) is 16.4. The highest BCUT2D eigenvalue weighted by Gasteiger charge is 2.50. The standard InChI is InChI=1S/C41H58N6O9S/c1-25(2)18-31(36(50)41(5)24-56-41)45-39(53)33(20-28-14-10-7-11-15-28)47-38(52)32(19-26(3)4)46-37(51)30(17-16-27-12-8-6-9-13-27)44-34(48)21-43-35(49)23-57-22-29(42)40(54)55/h6-15,25-26,29-33H,16-24,42H2,1-5H3,(H,43,49)(H,44,48)(H,45,53)(H,46,51)(H,47,52)(H,54,55)/t29?,30-,31-,32-,33-,41+/m0/s1. The van der Waals surface area contributed by atoms with Crippen molar-refractivity contribution in [3.63, 3.8) is 0 Å². The summed E-state index contributed by atoms with van der Waals surface area (Å²) in [6.45, 7) is 9.16. The molecule has 2 aromatic rings. The van der Waals surface area contributed by atoms with Crippen LogP contribution in [-0.4, -0.2) is 107 Å². The van der Waals surface area contributed by atoms with Crippen molar-refractivity contribution in [2.75, 3.05) is 24.7 Å². The lowest BCUT2D eigenvalue weighted by Crippen LogP contribution is -2.59. The quantitative estimate of drug-likeness (QED) is 0.0710. The molecule has 0 spiro atoms. The fraction of sp³-hybridized carbons (Fsp3) is 0.537. The molecule has 312 valence electrons. The third-order valence-corrected chi connectivity index (χ3v) is 10.3. The number of carbonyl (C=O) groups excluding carboxylic acids is 6. The lowest BCUT2D eigenvalue weighted by atomic mass is 9.93. The fourth-order valence-electron chi connectivity index (χ4n) is 5.95. The minimum atomic E-state index is -1.19. The first-order chi connectivity index (χ1) is 27.0. The first kappa shape index (κ1) is 46.6. The number of amides is 5. The number of thioether (sulfide) groups is 1. The Balaban J connectivity index is 1.77. The van der Waals surface area contributed by atoms with Gasteiger partial charge in [-0.2, -0.15) is 0 Å². The van der Waals surface area contributed by atoms with Gasteiger partial charge in [0.25, 0.3) is 0 Å². The number of epoxide rings is 1. The number of carboxylic acid groups (broad SMARTS) is 1. The lowest BCUT2D eigenvalue weighted by molar-refractivity contribution is -0.138. The summed E-state index contributed by atoms with van der Waals surface area (Å²) < 4.78 is 5.39. The maximum atomic E-state index is 14.1. The van der Waals surface area contributed by atoms with Gasteiger partial charge >= 0.3 is 5.97 Å². The number of carbonyl (C=O) groups is 7. The summed E-state index contributed by atoms with van der Waals surface area (Å²) in [4.78, 5) is 91.6. The predicted octanol–water partition coefficient (Wildman–Crippen LogP) is 1.51. The Labute approximate surface area is 338 Å². The van der Waals surface area contributed by atoms with Crippen LogP contribution in [0.5, 0.6) is 0 Å². The van der Waals surface area contributed by atoms with Crippen molar-refractivity contribution in [3.05, 3.63) is 71.8 Å². The van der Waals surface area contributed by atoms with Crippen LogP contribution in [0, 0.1) is 11.8 Å². The number of ketones is 1. The number of aliphatic carboxylic acids is 1. The van der Waals surface area contributed by atoms with Crippen molar-refractivity contribution >= 4 is 53.1 Å². The van der Waals surface area contributed by atoms with E-state index in [1.807, 2.05) is 88.4 Å². The maximum absolute atomic E-state index is 14.1. The zero-order valence-corrected chi connectivity index (χ0v) is 34.2. The summed E-state index contributed by atoms with van der Waals surface area (Å²) >= 11 is 1.01. The average molecular weight is 811 g/mol. The van der Waals surface area contributed by atoms with Crippen molar-refractivity contribution in [2.24, 2.45) is 17.6 Å². The van der Waals surface area contributed by atoms with Crippen LogP contribution in [0.3, 0.4) is 0 Å². The number of hydrogen-bond donors (Lipinski definition) is 7. The van der Waals surface area contributed by atoms with Gasteiger partial charge in [-0.05, 0) is 55.6 Å². The summed E-state index contributed by atoms with van der Waals surface area (Å²) in [6.07, 6.45) is 1.28. The third kappa shape index (κ3) is 16.7. The monoisotopic (exact) mass is 810 g/mol. The lowest BCUT2D eigenvalue weighted by Gasteiger charge is -2.28. The van der Waals surface area contributed by atoms with E-state index < -0.39 is 77.9 Å². The molecule has 15 nitrogen and oxygen atoms in total. The van der Waals surface area contributed by atoms with Gasteiger partial charge in [-0.25, -0.2) is 0 Å². The van der Waals surface area contributed by atoms with Gasteiger partial charge in [0.15, 0.2) is 5.78 Å². The highest BCUT2D eigenvalue weighted by Crippen LogP contribution is 2.29. The van der Waals surface area contributed by atoms with Crippen molar-refractivity contribution in [2.45, 2.75) is 103 Å². The fourth-order valence-corrected chi connectivity index (χ4v) is 6.75. The van der Waals surface area contributed by atoms with Crippen LogP contribution in [0.1, 0.15) is 65.0 Å². The number of hydrogen-bond acceptors (Lipinski definition) is 10. The Morgan fingerprint density at radius 3 is 1.81 bits per heavy atom. The Hall–Kier alpha value is -4.80. The first-order valence-electron chi connectivity index (χ1n) is 19.3. The molecule has 0 aliphatic carbocycles. The van der Waals surface area contributed by atoms with E-state index in [-0.39, 0.29) is 55.0 Å². The molecule has 0 radical (unpaired) electrons. The maximum Gasteiger partial charge on any atom is 0.321 e. The van der Waals surface area contributed by atoms with Crippen LogP contribution in [0.15, 0.2) is 60.7 Å². The van der Waals surface area contributed by atoms with Gasteiger partial charge in [-0.15, -0.1) is 11.8 Å². The molecule has 1 heterocycles. The van der Waals surface area contributed by atoms with Crippen LogP contribution < -0.4 is 32.3 Å². The van der Waals surface area contributed by atoms with Gasteiger partial charge in [0.2, 0.25) is 29.5 Å². The number of rotatable bonds is 25. The van der Waals surface area contributed by atoms with Gasteiger partial charge in [0.1, 0.15) is 29.8 Å². The van der Waals surface area contributed by atoms with Crippen molar-refractivity contribution in [1.29, 1.82) is 0 Å². The van der Waals surface area contributed by atoms with Gasteiger partial charge in [-0.3, -0.25) is 33.6 Å². The largest absolute Gasteiger partial charge is 0.480 e. The van der Waals surface area contributed by atoms with Crippen LogP contribution in [0.2, 0.25) is 0 Å². The molecule has 6 atom stereocenters. The van der Waals surface area contributed by atoms with Crippen molar-refractivity contribution in [3.8, 4) is 0 Å². The molecule has 57 heavy (non-hydrogen) atoms. The van der Waals surface area contributed by atoms with Crippen LogP contribution >= 0.6 is 11.8 Å². The third-order valence-electron chi connectivity index (χ3n) is 9.20. The van der Waals surface area contributed by atoms with E-state index in [0.717, 1.165) is 22.9 Å². The molecule has 1 fully saturated rings. The summed E-state index contributed by atoms with van der Waals surface area (Å²) in [6, 6.07) is 13.2. The molecule has 1 aliphatic rings. The minimum Gasteiger partial charge on any atom is -0.480 e. The molecule has 8 N–H and O–H groups in total. The second kappa shape index (κ2) is 22.8. The Kier molecular flexibility index (Phi) is 18.6. The van der Waals surface area contributed by atoms with Gasteiger partial charge in [0.05, 0.1) is 24.9 Å². The Morgan fingerprint density at radius 2 is 1.25 bits per heavy atom. The minimum absolute atomic E-state index is 0.00667. The summed E-state index contributed by atoms with van der Waals surface area (Å²) in [7, 11) is 0. The Morgan fingerprint density at radius 1 is 0.737 bits per heavy atom. The van der Waals surface area contributed by atoms with Gasteiger partial charge < -0.3 is 42.2 Å². The highest BCUT2D eigenvalue weighted by molar-refractivity contribution is 8.00. The number of carboxylic acids is 1. The number of Topliss-reactive ketones (excluding diaryl/α,β-unsaturated/α-hetero) is 1. The van der Waals surface area contributed by atoms with E-state index in [0.29, 0.717) is 12.8 Å². The van der Waals surface area contributed by atoms with E-state index in [1.54, 1.807) is 6.92 Å². The van der Waals surface area contributed by atoms with E-state index in [1.165, 1.54) is 0 Å². The molecular formula is C41H58N6O9S. The summed E-state index contributed by atoms with van der Waals surface area (Å²) in [5.74, 6) is -4.49. The molecular weight excluding hydrogens is 753 g/mol. The molecule has 2 aromatic carbocycles. The zero-order chi connectivity index (χ0) is 42.1.